The Balaban J connectivity index is 1.94. The van der Waals surface area contributed by atoms with E-state index in [0.717, 1.165) is 23.1 Å². The van der Waals surface area contributed by atoms with Crippen LogP contribution in [-0.2, 0) is 19.1 Å². The summed E-state index contributed by atoms with van der Waals surface area (Å²) in [6, 6.07) is 11.0. The van der Waals surface area contributed by atoms with Crippen molar-refractivity contribution in [2.75, 3.05) is 26.1 Å². The molecule has 2 aromatic carbocycles. The minimum Gasteiger partial charge on any atom is -0.494 e. The number of carbonyl (C=O) groups excluding carboxylic acids is 2. The number of carbonyl (C=O) groups is 2. The number of benzene rings is 2. The number of rotatable bonds is 7. The molecule has 0 aliphatic rings. The highest BCUT2D eigenvalue weighted by atomic mass is 16.5. The predicted molar refractivity (Wildman–Crippen MR) is 111 cm³/mol. The first-order valence-electron chi connectivity index (χ1n) is 9.21. The minimum absolute atomic E-state index is 0.0503. The first-order chi connectivity index (χ1) is 14.4. The van der Waals surface area contributed by atoms with Crippen LogP contribution in [-0.4, -0.2) is 47.8 Å². The molecule has 1 N–H and O–H groups in total. The Morgan fingerprint density at radius 3 is 2.33 bits per heavy atom. The van der Waals surface area contributed by atoms with Crippen molar-refractivity contribution in [3.8, 4) is 11.4 Å². The number of hydrogen-bond donors (Lipinski definition) is 1. The highest BCUT2D eigenvalue weighted by molar-refractivity contribution is 5.99. The molecule has 0 saturated carbocycles. The standard InChI is InChI=1S/C21H22N4O5/c1-5-30-15-8-6-14(7-9-15)25-23-17-10-13(2)16(11-18(17)24-25)22-19(21(27)29-4)12-20(26)28-3/h6-12,22H,5H2,1-4H3/b19-12+. The van der Waals surface area contributed by atoms with Gasteiger partial charge >= 0.3 is 11.9 Å². The molecule has 0 fully saturated rings. The first kappa shape index (κ1) is 20.8. The fourth-order valence-electron chi connectivity index (χ4n) is 2.74. The summed E-state index contributed by atoms with van der Waals surface area (Å²) in [6.45, 7) is 4.37. The molecule has 0 saturated heterocycles. The average Bonchev–Trinajstić information content (AvgIpc) is 3.16. The zero-order chi connectivity index (χ0) is 21.7. The first-order valence-corrected chi connectivity index (χ1v) is 9.21. The van der Waals surface area contributed by atoms with Gasteiger partial charge in [-0.2, -0.15) is 4.80 Å². The summed E-state index contributed by atoms with van der Waals surface area (Å²) in [5.74, 6) is -0.603. The number of nitrogens with zero attached hydrogens (tertiary/aromatic N) is 3. The van der Waals surface area contributed by atoms with Crippen LogP contribution in [0, 0.1) is 6.92 Å². The third-order valence-electron chi connectivity index (χ3n) is 4.24. The van der Waals surface area contributed by atoms with E-state index in [2.05, 4.69) is 20.3 Å². The summed E-state index contributed by atoms with van der Waals surface area (Å²) >= 11 is 0. The fraction of sp³-hybridized carbons (Fsp3) is 0.238. The van der Waals surface area contributed by atoms with Gasteiger partial charge in [-0.3, -0.25) is 0 Å². The summed E-state index contributed by atoms with van der Waals surface area (Å²) in [4.78, 5) is 25.1. The van der Waals surface area contributed by atoms with Crippen LogP contribution in [0.4, 0.5) is 5.69 Å². The van der Waals surface area contributed by atoms with Gasteiger partial charge in [-0.15, -0.1) is 10.2 Å². The summed E-state index contributed by atoms with van der Waals surface area (Å²) in [6.07, 6.45) is 1.03. The maximum atomic E-state index is 12.0. The Morgan fingerprint density at radius 1 is 1.07 bits per heavy atom. The lowest BCUT2D eigenvalue weighted by Gasteiger charge is -2.11. The molecule has 30 heavy (non-hydrogen) atoms. The molecule has 0 radical (unpaired) electrons. The normalized spacial score (nSPS) is 11.3. The number of anilines is 1. The lowest BCUT2D eigenvalue weighted by Crippen LogP contribution is -2.16. The Bertz CT molecular complexity index is 1100. The van der Waals surface area contributed by atoms with Crippen LogP contribution < -0.4 is 10.1 Å². The van der Waals surface area contributed by atoms with Gasteiger partial charge in [-0.25, -0.2) is 9.59 Å². The van der Waals surface area contributed by atoms with E-state index in [9.17, 15) is 9.59 Å². The average molecular weight is 410 g/mol. The van der Waals surface area contributed by atoms with Gasteiger partial charge in [0.25, 0.3) is 0 Å². The van der Waals surface area contributed by atoms with Crippen molar-refractivity contribution in [3.63, 3.8) is 0 Å². The van der Waals surface area contributed by atoms with Crippen LogP contribution in [0.3, 0.4) is 0 Å². The number of hydrogen-bond acceptors (Lipinski definition) is 8. The van der Waals surface area contributed by atoms with Crippen LogP contribution in [0.15, 0.2) is 48.2 Å². The number of aromatic nitrogens is 3. The second-order valence-electron chi connectivity index (χ2n) is 6.27. The zero-order valence-corrected chi connectivity index (χ0v) is 17.1. The molecule has 3 aromatic rings. The van der Waals surface area contributed by atoms with Crippen LogP contribution >= 0.6 is 0 Å². The van der Waals surface area contributed by atoms with E-state index >= 15 is 0 Å². The van der Waals surface area contributed by atoms with Crippen molar-refractivity contribution in [1.29, 1.82) is 0 Å². The molecule has 156 valence electrons. The molecule has 0 amide bonds. The minimum atomic E-state index is -0.696. The lowest BCUT2D eigenvalue weighted by molar-refractivity contribution is -0.138. The Kier molecular flexibility index (Phi) is 6.31. The second kappa shape index (κ2) is 9.08. The highest BCUT2D eigenvalue weighted by Crippen LogP contribution is 2.24. The van der Waals surface area contributed by atoms with Gasteiger partial charge in [-0.05, 0) is 55.8 Å². The number of fused-ring (bicyclic) bond motifs is 1. The Morgan fingerprint density at radius 2 is 1.73 bits per heavy atom. The Labute approximate surface area is 173 Å². The third-order valence-corrected chi connectivity index (χ3v) is 4.24. The van der Waals surface area contributed by atoms with Crippen LogP contribution in [0.1, 0.15) is 12.5 Å². The monoisotopic (exact) mass is 410 g/mol. The smallest absolute Gasteiger partial charge is 0.354 e. The summed E-state index contributed by atoms with van der Waals surface area (Å²) in [5.41, 5.74) is 3.42. The molecule has 0 unspecified atom stereocenters. The maximum absolute atomic E-state index is 12.0. The molecule has 9 nitrogen and oxygen atoms in total. The molecular weight excluding hydrogens is 388 g/mol. The topological polar surface area (TPSA) is 105 Å². The quantitative estimate of drug-likeness (QED) is 0.468. The van der Waals surface area contributed by atoms with Crippen molar-refractivity contribution >= 4 is 28.7 Å². The Hall–Kier alpha value is -3.88. The van der Waals surface area contributed by atoms with E-state index in [-0.39, 0.29) is 5.70 Å². The van der Waals surface area contributed by atoms with Gasteiger partial charge in [0, 0.05) is 5.69 Å². The summed E-state index contributed by atoms with van der Waals surface area (Å²) < 4.78 is 14.8. The predicted octanol–water partition coefficient (Wildman–Crippen LogP) is 2.77. The van der Waals surface area contributed by atoms with Crippen LogP contribution in [0.25, 0.3) is 16.7 Å². The van der Waals surface area contributed by atoms with E-state index in [1.165, 1.54) is 19.0 Å². The molecule has 1 aromatic heterocycles. The van der Waals surface area contributed by atoms with Crippen molar-refractivity contribution < 1.29 is 23.8 Å². The van der Waals surface area contributed by atoms with Crippen molar-refractivity contribution in [3.05, 3.63) is 53.7 Å². The lowest BCUT2D eigenvalue weighted by atomic mass is 10.1. The van der Waals surface area contributed by atoms with E-state index in [1.54, 1.807) is 6.07 Å². The number of aryl methyl sites for hydroxylation is 1. The largest absolute Gasteiger partial charge is 0.494 e. The van der Waals surface area contributed by atoms with Gasteiger partial charge in [0.2, 0.25) is 0 Å². The molecule has 0 aliphatic carbocycles. The molecule has 0 bridgehead atoms. The van der Waals surface area contributed by atoms with Gasteiger partial charge in [0.05, 0.1) is 32.6 Å². The molecule has 1 heterocycles. The summed E-state index contributed by atoms with van der Waals surface area (Å²) in [5, 5.41) is 11.9. The number of ether oxygens (including phenoxy) is 3. The molecule has 0 atom stereocenters. The van der Waals surface area contributed by atoms with E-state index in [4.69, 9.17) is 9.47 Å². The highest BCUT2D eigenvalue weighted by Gasteiger charge is 2.15. The zero-order valence-electron chi connectivity index (χ0n) is 17.1. The summed E-state index contributed by atoms with van der Waals surface area (Å²) in [7, 11) is 2.46. The van der Waals surface area contributed by atoms with Crippen molar-refractivity contribution in [2.24, 2.45) is 0 Å². The van der Waals surface area contributed by atoms with Crippen LogP contribution in [0.5, 0.6) is 5.75 Å². The van der Waals surface area contributed by atoms with Gasteiger partial charge in [0.1, 0.15) is 22.5 Å². The van der Waals surface area contributed by atoms with Gasteiger partial charge in [-0.1, -0.05) is 0 Å². The van der Waals surface area contributed by atoms with Gasteiger partial charge < -0.3 is 19.5 Å². The maximum Gasteiger partial charge on any atom is 0.354 e. The molecular formula is C21H22N4O5. The third kappa shape index (κ3) is 4.57. The molecule has 0 spiro atoms. The second-order valence-corrected chi connectivity index (χ2v) is 6.27. The van der Waals surface area contributed by atoms with E-state index < -0.39 is 11.9 Å². The van der Waals surface area contributed by atoms with Crippen molar-refractivity contribution in [1.82, 2.24) is 15.0 Å². The van der Waals surface area contributed by atoms with E-state index in [1.807, 2.05) is 44.2 Å². The molecule has 9 heteroatoms. The van der Waals surface area contributed by atoms with Crippen LogP contribution in [0.2, 0.25) is 0 Å². The fourth-order valence-corrected chi connectivity index (χ4v) is 2.74. The molecule has 3 rings (SSSR count). The van der Waals surface area contributed by atoms with Gasteiger partial charge in [0.15, 0.2) is 0 Å². The number of methoxy groups -OCH3 is 2. The number of esters is 2. The number of nitrogens with one attached hydrogen (secondary N) is 1. The SMILES string of the molecule is CCOc1ccc(-n2nc3cc(C)c(N/C(=C/C(=O)OC)C(=O)OC)cc3n2)cc1. The molecule has 0 aliphatic heterocycles. The van der Waals surface area contributed by atoms with Crippen molar-refractivity contribution in [2.45, 2.75) is 13.8 Å². The van der Waals surface area contributed by atoms with E-state index in [0.29, 0.717) is 23.3 Å².